The Bertz CT molecular complexity index is 3690. The Morgan fingerprint density at radius 2 is 1.03 bits per heavy atom. The van der Waals surface area contributed by atoms with E-state index in [1.165, 1.54) is 82.0 Å². The number of phenolic OH excluding ortho intramolecular Hbond substituents is 1. The van der Waals surface area contributed by atoms with Gasteiger partial charge in [-0.1, -0.05) is 157 Å². The lowest BCUT2D eigenvalue weighted by molar-refractivity contribution is -0.323. The van der Waals surface area contributed by atoms with E-state index in [1.807, 2.05) is 31.2 Å². The molecule has 16 heteroatoms. The lowest BCUT2D eigenvalue weighted by Gasteiger charge is -2.33. The number of fused-ring (bicyclic) bond motifs is 6. The van der Waals surface area contributed by atoms with E-state index in [2.05, 4.69) is 176 Å². The fraction of sp³-hybridized carbons (Fsp3) is 0.418. The van der Waals surface area contributed by atoms with Crippen molar-refractivity contribution >= 4 is 31.8 Å². The second-order valence-corrected chi connectivity index (χ2v) is 28.9. The normalized spacial score (nSPS) is 19.0. The fourth-order valence-electron chi connectivity index (χ4n) is 13.0. The Balaban J connectivity index is 0.000000175. The van der Waals surface area contributed by atoms with E-state index in [0.717, 1.165) is 70.3 Å². The summed E-state index contributed by atoms with van der Waals surface area (Å²) in [7, 11) is -6.49. The van der Waals surface area contributed by atoms with Gasteiger partial charge in [-0.3, -0.25) is 4.55 Å². The van der Waals surface area contributed by atoms with E-state index in [4.69, 9.17) is 33.3 Å². The Labute approximate surface area is 563 Å². The molecular formula is C79H95F4O10S2+. The molecule has 3 aliphatic carbocycles. The lowest BCUT2D eigenvalue weighted by Crippen LogP contribution is -2.48. The van der Waals surface area contributed by atoms with E-state index in [-0.39, 0.29) is 29.0 Å². The molecule has 2 N–H and O–H groups in total. The third-order valence-corrected chi connectivity index (χ3v) is 21.8. The largest absolute Gasteiger partial charge is 0.508 e. The van der Waals surface area contributed by atoms with Crippen LogP contribution >= 0.6 is 0 Å². The van der Waals surface area contributed by atoms with Gasteiger partial charge in [-0.15, -0.1) is 0 Å². The molecule has 8 aromatic rings. The van der Waals surface area contributed by atoms with Crippen LogP contribution in [0.25, 0.3) is 10.8 Å². The number of ether oxygens (including phenoxy) is 6. The monoisotopic (exact) mass is 1340 g/mol. The van der Waals surface area contributed by atoms with Crippen molar-refractivity contribution in [1.82, 2.24) is 0 Å². The second-order valence-electron chi connectivity index (χ2n) is 25.4. The minimum Gasteiger partial charge on any atom is -0.508 e. The molecular weight excluding hydrogens is 1250 g/mol. The van der Waals surface area contributed by atoms with Crippen LogP contribution in [0.3, 0.4) is 0 Å². The van der Waals surface area contributed by atoms with Crippen molar-refractivity contribution in [3.05, 3.63) is 221 Å². The molecule has 0 aliphatic heterocycles. The number of hydrogen-bond donors (Lipinski definition) is 2. The van der Waals surface area contributed by atoms with Gasteiger partial charge in [0.2, 0.25) is 0 Å². The molecule has 10 nitrogen and oxygen atoms in total. The molecule has 0 saturated heterocycles. The average molecular weight is 1340 g/mol. The third-order valence-electron chi connectivity index (χ3n) is 18.7. The standard InChI is InChI=1S/C34H39O3S.C22H32O2.C13H10F4O4S.C10H14O/c1-6-25(2)29-17-19-30(20-18-29)37-28(5)35-21-22-36-34-26(3)23-33(24-27(34)4)38(31-13-9-7-10-14-31)32-15-11-8-12-16-32;1-4-14(2)16-8-10-18(11-9-16)23-15(3)24-22-13-17-12-21(22)20-7-5-6-19(17)20;14-12(15,13(16,17)22(18,19)20)21-8-9-5-6-10-3-1-2-4-11(10)7-9;1-3-8(2)9-4-6-10(11)7-5-9/h7-20,23-25,28H,6,21-22H2,1-5H3;8-11,14-15,17,19-22H,4-7,12-13H2,1-3H3;1-7H,8H2,(H,18,19,20);4-8,11H,3H2,1-2H3/q+1;;;. The zero-order chi connectivity index (χ0) is 68.5. The number of halogens is 4. The van der Waals surface area contributed by atoms with Gasteiger partial charge >= 0.3 is 21.5 Å². The van der Waals surface area contributed by atoms with Crippen molar-refractivity contribution in [3.8, 4) is 23.0 Å². The Morgan fingerprint density at radius 3 is 1.55 bits per heavy atom. The van der Waals surface area contributed by atoms with Crippen molar-refractivity contribution in [1.29, 1.82) is 0 Å². The van der Waals surface area contributed by atoms with Gasteiger partial charge in [-0.05, 0) is 225 Å². The van der Waals surface area contributed by atoms with Gasteiger partial charge in [0.05, 0.1) is 30.2 Å². The quantitative estimate of drug-likeness (QED) is 0.0188. The Hall–Kier alpha value is -6.92. The van der Waals surface area contributed by atoms with Crippen LogP contribution in [0.4, 0.5) is 17.6 Å². The van der Waals surface area contributed by atoms with Crippen LogP contribution in [0.2, 0.25) is 0 Å². The fourth-order valence-corrected chi connectivity index (χ4v) is 15.6. The minimum absolute atomic E-state index is 0.143. The van der Waals surface area contributed by atoms with Crippen LogP contribution in [-0.2, 0) is 41.8 Å². The van der Waals surface area contributed by atoms with Gasteiger partial charge in [0, 0.05) is 12.1 Å². The van der Waals surface area contributed by atoms with Crippen molar-refractivity contribution in [3.63, 3.8) is 0 Å². The number of aromatic hydroxyl groups is 1. The van der Waals surface area contributed by atoms with Gasteiger partial charge in [-0.25, -0.2) is 0 Å². The first kappa shape index (κ1) is 73.9. The van der Waals surface area contributed by atoms with Crippen LogP contribution in [0.1, 0.15) is 158 Å². The highest BCUT2D eigenvalue weighted by atomic mass is 32.2. The number of hydrogen-bond acceptors (Lipinski definition) is 9. The zero-order valence-corrected chi connectivity index (χ0v) is 58.1. The molecule has 3 fully saturated rings. The molecule has 0 heterocycles. The predicted molar refractivity (Wildman–Crippen MR) is 372 cm³/mol. The van der Waals surface area contributed by atoms with E-state index in [0.29, 0.717) is 48.2 Å². The highest BCUT2D eigenvalue weighted by Crippen LogP contribution is 2.59. The molecule has 10 atom stereocenters. The molecule has 95 heavy (non-hydrogen) atoms. The number of phenols is 1. The van der Waals surface area contributed by atoms with Gasteiger partial charge in [0.15, 0.2) is 27.3 Å². The maximum absolute atomic E-state index is 13.2. The van der Waals surface area contributed by atoms with Crippen LogP contribution < -0.4 is 14.2 Å². The highest BCUT2D eigenvalue weighted by Gasteiger charge is 2.67. The number of aryl methyl sites for hydroxylation is 2. The third kappa shape index (κ3) is 19.9. The molecule has 3 aliphatic rings. The van der Waals surface area contributed by atoms with E-state index in [1.54, 1.807) is 42.5 Å². The summed E-state index contributed by atoms with van der Waals surface area (Å²) in [6.45, 7) is 21.5. The van der Waals surface area contributed by atoms with Crippen molar-refractivity contribution < 1.29 is 64.1 Å². The van der Waals surface area contributed by atoms with Gasteiger partial charge < -0.3 is 33.5 Å². The molecule has 0 spiro atoms. The minimum atomic E-state index is -6.31. The Kier molecular flexibility index (Phi) is 26.7. The molecule has 3 saturated carbocycles. The van der Waals surface area contributed by atoms with Gasteiger partial charge in [0.1, 0.15) is 29.6 Å². The molecule has 11 rings (SSSR count). The van der Waals surface area contributed by atoms with Crippen molar-refractivity contribution in [2.24, 2.45) is 23.7 Å². The summed E-state index contributed by atoms with van der Waals surface area (Å²) in [5, 5.41) is 4.75. The summed E-state index contributed by atoms with van der Waals surface area (Å²) in [6, 6.07) is 61.6. The second kappa shape index (κ2) is 34.3. The van der Waals surface area contributed by atoms with Crippen molar-refractivity contribution in [2.45, 2.75) is 190 Å². The molecule has 8 aromatic carbocycles. The first-order valence-corrected chi connectivity index (χ1v) is 36.1. The van der Waals surface area contributed by atoms with E-state index >= 15 is 0 Å². The summed E-state index contributed by atoms with van der Waals surface area (Å²) in [4.78, 5) is 3.91. The molecule has 0 amide bonds. The van der Waals surface area contributed by atoms with Crippen LogP contribution in [-0.4, -0.2) is 61.3 Å². The number of benzene rings is 8. The molecule has 0 radical (unpaired) electrons. The smallest absolute Gasteiger partial charge is 0.459 e. The molecule has 10 unspecified atom stereocenters. The summed E-state index contributed by atoms with van der Waals surface area (Å²) in [6.07, 6.45) is 5.06. The van der Waals surface area contributed by atoms with E-state index < -0.39 is 28.1 Å². The van der Waals surface area contributed by atoms with Crippen LogP contribution in [0.5, 0.6) is 23.0 Å². The summed E-state index contributed by atoms with van der Waals surface area (Å²) < 4.78 is 115. The first-order valence-electron chi connectivity index (χ1n) is 33.4. The topological polar surface area (TPSA) is 130 Å². The maximum atomic E-state index is 13.2. The highest BCUT2D eigenvalue weighted by molar-refractivity contribution is 7.97. The van der Waals surface area contributed by atoms with E-state index in [9.17, 15) is 26.0 Å². The predicted octanol–water partition coefficient (Wildman–Crippen LogP) is 20.8. The molecule has 2 bridgehead atoms. The van der Waals surface area contributed by atoms with Crippen LogP contribution in [0.15, 0.2) is 203 Å². The van der Waals surface area contributed by atoms with Gasteiger partial charge in [-0.2, -0.15) is 26.0 Å². The number of alkyl halides is 4. The molecule has 0 aromatic heterocycles. The Morgan fingerprint density at radius 1 is 0.547 bits per heavy atom. The average Bonchev–Trinajstić information content (AvgIpc) is 1.65. The number of rotatable bonds is 25. The zero-order valence-electron chi connectivity index (χ0n) is 56.4. The SMILES string of the molecule is CCC(C)c1ccc(O)cc1.CCC(C)c1ccc(OC(C)OC2CC3CC2C2CCCC32)cc1.CCC(C)c1ccc(OC(C)OCCOc2c(C)cc([S+](c3ccccc3)c3ccccc3)cc2C)cc1.O=S(=O)(O)C(F)(F)C(F)(F)OCc1ccc2ccccc2c1. The molecule has 510 valence electrons. The van der Waals surface area contributed by atoms with Crippen molar-refractivity contribution in [2.75, 3.05) is 13.2 Å². The lowest BCUT2D eigenvalue weighted by atomic mass is 9.80. The van der Waals surface area contributed by atoms with Crippen LogP contribution in [0, 0.1) is 37.5 Å². The first-order chi connectivity index (χ1) is 45.4. The maximum Gasteiger partial charge on any atom is 0.459 e. The summed E-state index contributed by atoms with van der Waals surface area (Å²) >= 11 is 0. The summed E-state index contributed by atoms with van der Waals surface area (Å²) in [5.41, 5.74) is 6.43. The summed E-state index contributed by atoms with van der Waals surface area (Å²) in [5.74, 6) is 8.51. The van der Waals surface area contributed by atoms with Gasteiger partial charge in [0.25, 0.3) is 0 Å².